The molecule has 0 spiro atoms. The van der Waals surface area contributed by atoms with Crippen molar-refractivity contribution < 1.29 is 18.1 Å². The molecule has 1 heterocycles. The van der Waals surface area contributed by atoms with Crippen LogP contribution in [0.2, 0.25) is 0 Å². The van der Waals surface area contributed by atoms with Gasteiger partial charge in [-0.3, -0.25) is 15.1 Å². The molecule has 0 radical (unpaired) electrons. The third kappa shape index (κ3) is 2.65. The lowest BCUT2D eigenvalue weighted by atomic mass is 10.2. The third-order valence-corrected chi connectivity index (χ3v) is 2.20. The zero-order valence-corrected chi connectivity index (χ0v) is 8.67. The molecule has 0 bridgehead atoms. The van der Waals surface area contributed by atoms with Crippen LogP contribution in [0.1, 0.15) is 11.3 Å². The van der Waals surface area contributed by atoms with Crippen LogP contribution in [0.5, 0.6) is 0 Å². The molecular weight excluding hydrogens is 281 g/mol. The van der Waals surface area contributed by atoms with Gasteiger partial charge in [0, 0.05) is 17.6 Å². The zero-order valence-electron chi connectivity index (χ0n) is 7.08. The summed E-state index contributed by atoms with van der Waals surface area (Å²) in [5.74, 6) is 0. The quantitative estimate of drug-likeness (QED) is 0.477. The summed E-state index contributed by atoms with van der Waals surface area (Å²) in [6, 6.07) is 0.427. The molecule has 1 aromatic heterocycles. The first-order valence-electron chi connectivity index (χ1n) is 3.62. The van der Waals surface area contributed by atoms with Gasteiger partial charge in [-0.1, -0.05) is 15.9 Å². The van der Waals surface area contributed by atoms with Crippen molar-refractivity contribution in [3.63, 3.8) is 0 Å². The Morgan fingerprint density at radius 1 is 1.53 bits per heavy atom. The van der Waals surface area contributed by atoms with Gasteiger partial charge >= 0.3 is 6.18 Å². The van der Waals surface area contributed by atoms with Gasteiger partial charge in [0.25, 0.3) is 5.69 Å². The average molecular weight is 285 g/mol. The van der Waals surface area contributed by atoms with Crippen LogP contribution in [0.25, 0.3) is 0 Å². The molecule has 0 N–H and O–H groups in total. The Balaban J connectivity index is 3.28. The second-order valence-electron chi connectivity index (χ2n) is 2.59. The predicted molar refractivity (Wildman–Crippen MR) is 48.5 cm³/mol. The lowest BCUT2D eigenvalue weighted by molar-refractivity contribution is -0.385. The van der Waals surface area contributed by atoms with Crippen LogP contribution in [0.15, 0.2) is 12.3 Å². The van der Waals surface area contributed by atoms with E-state index in [1.54, 1.807) is 0 Å². The Morgan fingerprint density at radius 3 is 2.53 bits per heavy atom. The smallest absolute Gasteiger partial charge is 0.258 e. The van der Waals surface area contributed by atoms with Crippen LogP contribution in [-0.2, 0) is 11.5 Å². The molecule has 0 aliphatic carbocycles. The Morgan fingerprint density at radius 2 is 2.13 bits per heavy atom. The van der Waals surface area contributed by atoms with Crippen LogP contribution < -0.4 is 0 Å². The fourth-order valence-corrected chi connectivity index (χ4v) is 1.33. The lowest BCUT2D eigenvalue weighted by Gasteiger charge is -2.06. The molecule has 0 aliphatic heterocycles. The van der Waals surface area contributed by atoms with Crippen molar-refractivity contribution in [3.05, 3.63) is 33.6 Å². The van der Waals surface area contributed by atoms with E-state index in [2.05, 4.69) is 20.9 Å². The molecule has 0 saturated carbocycles. The summed E-state index contributed by atoms with van der Waals surface area (Å²) in [5, 5.41) is 10.5. The van der Waals surface area contributed by atoms with Gasteiger partial charge in [-0.25, -0.2) is 0 Å². The van der Waals surface area contributed by atoms with Crippen molar-refractivity contribution >= 4 is 21.6 Å². The van der Waals surface area contributed by atoms with E-state index in [0.717, 1.165) is 6.20 Å². The SMILES string of the molecule is O=[N+]([O-])c1cc(C(F)(F)F)ncc1CBr. The second kappa shape index (κ2) is 4.13. The van der Waals surface area contributed by atoms with E-state index in [-0.39, 0.29) is 10.9 Å². The molecule has 0 aliphatic rings. The molecule has 15 heavy (non-hydrogen) atoms. The van der Waals surface area contributed by atoms with Crippen molar-refractivity contribution in [1.29, 1.82) is 0 Å². The fraction of sp³-hybridized carbons (Fsp3) is 0.286. The first-order chi connectivity index (χ1) is 6.86. The van der Waals surface area contributed by atoms with Crippen LogP contribution in [0.3, 0.4) is 0 Å². The third-order valence-electron chi connectivity index (χ3n) is 1.59. The number of halogens is 4. The van der Waals surface area contributed by atoms with Gasteiger partial charge < -0.3 is 0 Å². The van der Waals surface area contributed by atoms with Crippen molar-refractivity contribution in [2.45, 2.75) is 11.5 Å². The molecule has 0 aromatic carbocycles. The van der Waals surface area contributed by atoms with E-state index in [1.807, 2.05) is 0 Å². The predicted octanol–water partition coefficient (Wildman–Crippen LogP) is 2.90. The summed E-state index contributed by atoms with van der Waals surface area (Å²) in [7, 11) is 0. The van der Waals surface area contributed by atoms with Gasteiger partial charge in [0.2, 0.25) is 0 Å². The maximum atomic E-state index is 12.2. The molecule has 82 valence electrons. The molecule has 1 rings (SSSR count). The fourth-order valence-electron chi connectivity index (χ4n) is 0.901. The van der Waals surface area contributed by atoms with E-state index >= 15 is 0 Å². The van der Waals surface area contributed by atoms with Crippen molar-refractivity contribution in [3.8, 4) is 0 Å². The van der Waals surface area contributed by atoms with Crippen molar-refractivity contribution in [2.24, 2.45) is 0 Å². The molecule has 0 saturated heterocycles. The molecule has 4 nitrogen and oxygen atoms in total. The number of hydrogen-bond acceptors (Lipinski definition) is 3. The Labute approximate surface area is 90.4 Å². The van der Waals surface area contributed by atoms with Gasteiger partial charge in [0.05, 0.1) is 10.5 Å². The standard InChI is InChI=1S/C7H4BrF3N2O2/c8-2-4-3-12-6(7(9,10)11)1-5(4)13(14)15/h1,3H,2H2. The van der Waals surface area contributed by atoms with Gasteiger partial charge in [-0.05, 0) is 0 Å². The first kappa shape index (κ1) is 11.9. The number of alkyl halides is 4. The molecule has 8 heteroatoms. The summed E-state index contributed by atoms with van der Waals surface area (Å²) < 4.78 is 36.5. The van der Waals surface area contributed by atoms with E-state index in [9.17, 15) is 23.3 Å². The van der Waals surface area contributed by atoms with Crippen LogP contribution in [0.4, 0.5) is 18.9 Å². The lowest BCUT2D eigenvalue weighted by Crippen LogP contribution is -2.09. The maximum Gasteiger partial charge on any atom is 0.433 e. The Kier molecular flexibility index (Phi) is 3.28. The van der Waals surface area contributed by atoms with E-state index in [1.165, 1.54) is 0 Å². The number of pyridine rings is 1. The largest absolute Gasteiger partial charge is 0.433 e. The van der Waals surface area contributed by atoms with Crippen molar-refractivity contribution in [2.75, 3.05) is 0 Å². The highest BCUT2D eigenvalue weighted by Crippen LogP contribution is 2.31. The number of aromatic nitrogens is 1. The molecule has 0 atom stereocenters. The number of nitro groups is 1. The highest BCUT2D eigenvalue weighted by atomic mass is 79.9. The van der Waals surface area contributed by atoms with Crippen molar-refractivity contribution in [1.82, 2.24) is 4.98 Å². The minimum absolute atomic E-state index is 0.0778. The average Bonchev–Trinajstić information content (AvgIpc) is 2.15. The summed E-state index contributed by atoms with van der Waals surface area (Å²) in [4.78, 5) is 12.7. The molecule has 0 unspecified atom stereocenters. The summed E-state index contributed by atoms with van der Waals surface area (Å²) >= 11 is 2.93. The number of rotatable bonds is 2. The summed E-state index contributed by atoms with van der Waals surface area (Å²) in [5.41, 5.74) is -1.75. The zero-order chi connectivity index (χ0) is 11.6. The van der Waals surface area contributed by atoms with E-state index < -0.39 is 22.5 Å². The molecular formula is C7H4BrF3N2O2. The van der Waals surface area contributed by atoms with Gasteiger partial charge in [0.1, 0.15) is 0 Å². The molecule has 0 amide bonds. The Bertz CT molecular complexity index is 394. The highest BCUT2D eigenvalue weighted by Gasteiger charge is 2.34. The van der Waals surface area contributed by atoms with Gasteiger partial charge in [0.15, 0.2) is 5.69 Å². The first-order valence-corrected chi connectivity index (χ1v) is 4.75. The minimum Gasteiger partial charge on any atom is -0.258 e. The summed E-state index contributed by atoms with van der Waals surface area (Å²) in [6.07, 6.45) is -3.83. The number of nitrogens with zero attached hydrogens (tertiary/aromatic N) is 2. The van der Waals surface area contributed by atoms with Gasteiger partial charge in [-0.2, -0.15) is 13.2 Å². The number of hydrogen-bond donors (Lipinski definition) is 0. The molecule has 1 aromatic rings. The molecule has 0 fully saturated rings. The van der Waals surface area contributed by atoms with Crippen LogP contribution in [-0.4, -0.2) is 9.91 Å². The minimum atomic E-state index is -4.67. The second-order valence-corrected chi connectivity index (χ2v) is 3.15. The van der Waals surface area contributed by atoms with E-state index in [0.29, 0.717) is 6.07 Å². The topological polar surface area (TPSA) is 56.0 Å². The maximum absolute atomic E-state index is 12.2. The summed E-state index contributed by atoms with van der Waals surface area (Å²) in [6.45, 7) is 0. The van der Waals surface area contributed by atoms with Crippen LogP contribution in [0, 0.1) is 10.1 Å². The monoisotopic (exact) mass is 284 g/mol. The van der Waals surface area contributed by atoms with Gasteiger partial charge in [-0.15, -0.1) is 0 Å². The van der Waals surface area contributed by atoms with Crippen LogP contribution >= 0.6 is 15.9 Å². The van der Waals surface area contributed by atoms with E-state index in [4.69, 9.17) is 0 Å². The Hall–Kier alpha value is -1.18. The highest BCUT2D eigenvalue weighted by molar-refractivity contribution is 9.08. The normalized spacial score (nSPS) is 11.5.